The van der Waals surface area contributed by atoms with Gasteiger partial charge in [0.05, 0.1) is 10.6 Å². The topological polar surface area (TPSA) is 155 Å². The predicted octanol–water partition coefficient (Wildman–Crippen LogP) is 3.51. The Kier molecular flexibility index (Phi) is 4.32. The minimum absolute atomic E-state index is 0.0294. The van der Waals surface area contributed by atoms with Gasteiger partial charge < -0.3 is 5.11 Å². The lowest BCUT2D eigenvalue weighted by Gasteiger charge is -2.07. The van der Waals surface area contributed by atoms with Gasteiger partial charge in [-0.25, -0.2) is 0 Å². The van der Waals surface area contributed by atoms with E-state index in [-0.39, 0.29) is 28.0 Å². The van der Waals surface area contributed by atoms with Gasteiger partial charge in [-0.05, 0) is 30.3 Å². The molecule has 0 aliphatic rings. The van der Waals surface area contributed by atoms with Crippen LogP contribution in [-0.4, -0.2) is 28.0 Å². The summed E-state index contributed by atoms with van der Waals surface area (Å²) in [5.41, 5.74) is -0.192. The molecular formula is C15H10N4O6S. The van der Waals surface area contributed by atoms with Crippen LogP contribution in [0.4, 0.5) is 17.1 Å². The summed E-state index contributed by atoms with van der Waals surface area (Å²) < 4.78 is 32.6. The molecule has 0 aliphatic heterocycles. The number of nitro benzene ring substituents is 1. The van der Waals surface area contributed by atoms with E-state index >= 15 is 0 Å². The summed E-state index contributed by atoms with van der Waals surface area (Å²) in [7, 11) is -4.59. The summed E-state index contributed by atoms with van der Waals surface area (Å²) in [6.45, 7) is 0. The van der Waals surface area contributed by atoms with Crippen LogP contribution >= 0.6 is 0 Å². The van der Waals surface area contributed by atoms with Crippen LogP contribution in [0.25, 0.3) is 10.9 Å². The zero-order valence-corrected chi connectivity index (χ0v) is 13.7. The van der Waals surface area contributed by atoms with E-state index in [9.17, 15) is 28.2 Å². The fourth-order valence-electron chi connectivity index (χ4n) is 2.23. The number of azo groups is 1. The number of fused-ring (bicyclic) bond motifs is 1. The number of aromatic nitrogens is 1. The summed E-state index contributed by atoms with van der Waals surface area (Å²) in [5.74, 6) is -0.418. The lowest BCUT2D eigenvalue weighted by atomic mass is 10.2. The fraction of sp³-hybridized carbons (Fsp3) is 0. The average molecular weight is 374 g/mol. The van der Waals surface area contributed by atoms with Gasteiger partial charge in [0, 0.05) is 23.7 Å². The summed E-state index contributed by atoms with van der Waals surface area (Å²) in [6.07, 6.45) is 1.34. The van der Waals surface area contributed by atoms with Gasteiger partial charge in [0.2, 0.25) is 0 Å². The number of nitrogens with zero attached hydrogens (tertiary/aromatic N) is 4. The molecule has 0 aliphatic carbocycles. The van der Waals surface area contributed by atoms with Crippen LogP contribution in [-0.2, 0) is 10.1 Å². The molecule has 11 heteroatoms. The first-order valence-electron chi connectivity index (χ1n) is 7.02. The lowest BCUT2D eigenvalue weighted by molar-refractivity contribution is -0.384. The van der Waals surface area contributed by atoms with E-state index in [4.69, 9.17) is 0 Å². The third kappa shape index (κ3) is 3.34. The molecule has 0 fully saturated rings. The molecule has 1 heterocycles. The highest BCUT2D eigenvalue weighted by atomic mass is 32.2. The van der Waals surface area contributed by atoms with E-state index in [0.717, 1.165) is 6.07 Å². The maximum atomic E-state index is 11.6. The number of rotatable bonds is 4. The van der Waals surface area contributed by atoms with Gasteiger partial charge in [-0.2, -0.15) is 13.5 Å². The molecule has 0 radical (unpaired) electrons. The van der Waals surface area contributed by atoms with Crippen molar-refractivity contribution < 1.29 is 23.0 Å². The summed E-state index contributed by atoms with van der Waals surface area (Å²) in [5, 5.41) is 28.5. The van der Waals surface area contributed by atoms with E-state index in [1.807, 2.05) is 0 Å². The number of phenols is 1. The molecule has 0 saturated carbocycles. The number of phenolic OH excluding ortho intramolecular Hbond substituents is 1. The molecule has 26 heavy (non-hydrogen) atoms. The zero-order chi connectivity index (χ0) is 18.9. The number of non-ortho nitro benzene ring substituents is 1. The molecule has 0 bridgehead atoms. The Labute approximate surface area is 146 Å². The second kappa shape index (κ2) is 6.46. The molecular weight excluding hydrogens is 364 g/mol. The number of pyridine rings is 1. The minimum atomic E-state index is -4.59. The first-order valence-corrected chi connectivity index (χ1v) is 8.46. The maximum absolute atomic E-state index is 11.6. The molecule has 2 N–H and O–H groups in total. The molecule has 132 valence electrons. The highest BCUT2D eigenvalue weighted by Gasteiger charge is 2.20. The van der Waals surface area contributed by atoms with E-state index in [0.29, 0.717) is 0 Å². The molecule has 0 saturated heterocycles. The van der Waals surface area contributed by atoms with E-state index < -0.39 is 25.7 Å². The van der Waals surface area contributed by atoms with Crippen molar-refractivity contribution in [1.29, 1.82) is 0 Å². The molecule has 3 aromatic rings. The molecule has 2 aromatic carbocycles. The second-order valence-corrected chi connectivity index (χ2v) is 6.48. The van der Waals surface area contributed by atoms with E-state index in [1.54, 1.807) is 0 Å². The van der Waals surface area contributed by atoms with Crippen molar-refractivity contribution in [3.8, 4) is 5.75 Å². The van der Waals surface area contributed by atoms with Crippen LogP contribution in [0, 0.1) is 10.1 Å². The standard InChI is InChI=1S/C15H10N4O6S/c20-15-12(18-17-9-3-5-10(6-4-9)19(21)22)8-13(26(23,24)25)11-2-1-7-16-14(11)15/h1-8,20H,(H,23,24,25). The first-order chi connectivity index (χ1) is 12.3. The Morgan fingerprint density at radius 1 is 1.12 bits per heavy atom. The predicted molar refractivity (Wildman–Crippen MR) is 90.5 cm³/mol. The van der Waals surface area contributed by atoms with Crippen molar-refractivity contribution in [2.45, 2.75) is 4.90 Å². The fourth-order valence-corrected chi connectivity index (χ4v) is 2.93. The van der Waals surface area contributed by atoms with Crippen LogP contribution in [0.5, 0.6) is 5.75 Å². The van der Waals surface area contributed by atoms with Crippen LogP contribution in [0.2, 0.25) is 0 Å². The molecule has 0 atom stereocenters. The molecule has 3 rings (SSSR count). The third-order valence-electron chi connectivity index (χ3n) is 3.42. The Bertz CT molecular complexity index is 1140. The van der Waals surface area contributed by atoms with Crippen molar-refractivity contribution in [2.75, 3.05) is 0 Å². The quantitative estimate of drug-likeness (QED) is 0.306. The van der Waals surface area contributed by atoms with Crippen LogP contribution in [0.3, 0.4) is 0 Å². The number of hydrogen-bond acceptors (Lipinski definition) is 8. The summed E-state index contributed by atoms with van der Waals surface area (Å²) in [6, 6.07) is 8.91. The maximum Gasteiger partial charge on any atom is 0.295 e. The van der Waals surface area contributed by atoms with Crippen molar-refractivity contribution >= 4 is 38.1 Å². The highest BCUT2D eigenvalue weighted by Crippen LogP contribution is 2.38. The molecule has 10 nitrogen and oxygen atoms in total. The normalized spacial score (nSPS) is 11.9. The first kappa shape index (κ1) is 17.4. The van der Waals surface area contributed by atoms with Gasteiger partial charge in [-0.15, -0.1) is 5.11 Å². The van der Waals surface area contributed by atoms with Crippen molar-refractivity contribution in [3.63, 3.8) is 0 Å². The Balaban J connectivity index is 2.10. The highest BCUT2D eigenvalue weighted by molar-refractivity contribution is 7.86. The number of nitro groups is 1. The average Bonchev–Trinajstić information content (AvgIpc) is 2.60. The van der Waals surface area contributed by atoms with Crippen molar-refractivity contribution in [3.05, 3.63) is 58.8 Å². The lowest BCUT2D eigenvalue weighted by Crippen LogP contribution is -1.99. The van der Waals surface area contributed by atoms with Gasteiger partial charge in [0.1, 0.15) is 16.1 Å². The number of aromatic hydroxyl groups is 1. The zero-order valence-electron chi connectivity index (χ0n) is 12.8. The SMILES string of the molecule is O=[N+]([O-])c1ccc(N=Nc2cc(S(=O)(=O)O)c3cccnc3c2O)cc1. The Morgan fingerprint density at radius 2 is 1.81 bits per heavy atom. The number of hydrogen-bond donors (Lipinski definition) is 2. The van der Waals surface area contributed by atoms with Crippen LogP contribution in [0.15, 0.2) is 63.8 Å². The second-order valence-electron chi connectivity index (χ2n) is 5.09. The van der Waals surface area contributed by atoms with Crippen LogP contribution < -0.4 is 0 Å². The molecule has 1 aromatic heterocycles. The van der Waals surface area contributed by atoms with Crippen molar-refractivity contribution in [1.82, 2.24) is 4.98 Å². The largest absolute Gasteiger partial charge is 0.504 e. The smallest absolute Gasteiger partial charge is 0.295 e. The van der Waals surface area contributed by atoms with Gasteiger partial charge in [-0.1, -0.05) is 0 Å². The minimum Gasteiger partial charge on any atom is -0.504 e. The van der Waals surface area contributed by atoms with Gasteiger partial charge >= 0.3 is 0 Å². The molecule has 0 unspecified atom stereocenters. The van der Waals surface area contributed by atoms with Crippen LogP contribution in [0.1, 0.15) is 0 Å². The monoisotopic (exact) mass is 374 g/mol. The van der Waals surface area contributed by atoms with Gasteiger partial charge in [-0.3, -0.25) is 19.7 Å². The molecule has 0 amide bonds. The molecule has 0 spiro atoms. The van der Waals surface area contributed by atoms with E-state index in [2.05, 4.69) is 15.2 Å². The Hall–Kier alpha value is -3.44. The van der Waals surface area contributed by atoms with Gasteiger partial charge in [0.15, 0.2) is 5.75 Å². The van der Waals surface area contributed by atoms with Gasteiger partial charge in [0.25, 0.3) is 15.8 Å². The van der Waals surface area contributed by atoms with E-state index in [1.165, 1.54) is 42.6 Å². The summed E-state index contributed by atoms with van der Waals surface area (Å²) >= 11 is 0. The summed E-state index contributed by atoms with van der Waals surface area (Å²) in [4.78, 5) is 13.5. The Morgan fingerprint density at radius 3 is 2.42 bits per heavy atom. The van der Waals surface area contributed by atoms with Crippen molar-refractivity contribution in [2.24, 2.45) is 10.2 Å². The third-order valence-corrected chi connectivity index (χ3v) is 4.31. The number of benzene rings is 2.